The minimum Gasteiger partial charge on any atom is -0.467 e. The summed E-state index contributed by atoms with van der Waals surface area (Å²) in [5.41, 5.74) is -1.06. The fourth-order valence-corrected chi connectivity index (χ4v) is 1.86. The molecule has 0 aliphatic carbocycles. The van der Waals surface area contributed by atoms with Crippen molar-refractivity contribution in [2.45, 2.75) is 12.5 Å². The first-order valence-electron chi connectivity index (χ1n) is 4.14. The van der Waals surface area contributed by atoms with E-state index in [2.05, 4.69) is 4.74 Å². The Labute approximate surface area is 86.6 Å². The van der Waals surface area contributed by atoms with E-state index in [1.54, 1.807) is 12.2 Å². The Morgan fingerprint density at radius 2 is 2.36 bits per heavy atom. The van der Waals surface area contributed by atoms with E-state index in [4.69, 9.17) is 4.74 Å². The number of rotatable bonds is 3. The minimum absolute atomic E-state index is 0.0443. The van der Waals surface area contributed by atoms with Crippen molar-refractivity contribution in [2.24, 2.45) is 0 Å². The summed E-state index contributed by atoms with van der Waals surface area (Å²) in [6, 6.07) is 0. The third kappa shape index (κ3) is 2.36. The molecule has 0 spiro atoms. The van der Waals surface area contributed by atoms with Crippen LogP contribution in [0.3, 0.4) is 0 Å². The van der Waals surface area contributed by atoms with Gasteiger partial charge in [-0.1, -0.05) is 17.8 Å². The van der Waals surface area contributed by atoms with Crippen LogP contribution in [-0.4, -0.2) is 36.2 Å². The highest BCUT2D eigenvalue weighted by atomic mass is 32.2. The van der Waals surface area contributed by atoms with Crippen molar-refractivity contribution in [1.29, 1.82) is 0 Å². The number of esters is 1. The molecule has 0 aromatic heterocycles. The second-order valence-electron chi connectivity index (χ2n) is 2.87. The molecule has 1 rings (SSSR count). The molecule has 14 heavy (non-hydrogen) atoms. The highest BCUT2D eigenvalue weighted by Gasteiger charge is 2.40. The molecular formula is C9H12O4S. The molecule has 0 fully saturated rings. The van der Waals surface area contributed by atoms with E-state index in [0.29, 0.717) is 6.61 Å². The van der Waals surface area contributed by atoms with Crippen LogP contribution in [0.25, 0.3) is 0 Å². The molecule has 0 amide bonds. The molecule has 1 aliphatic rings. The molecule has 1 atom stereocenters. The van der Waals surface area contributed by atoms with Gasteiger partial charge in [0.1, 0.15) is 0 Å². The molecule has 0 N–H and O–H groups in total. The van der Waals surface area contributed by atoms with Gasteiger partial charge in [-0.3, -0.25) is 4.79 Å². The van der Waals surface area contributed by atoms with Gasteiger partial charge < -0.3 is 9.47 Å². The zero-order valence-corrected chi connectivity index (χ0v) is 8.93. The van der Waals surface area contributed by atoms with Crippen molar-refractivity contribution >= 4 is 22.8 Å². The standard InChI is InChI=1S/C9H12O4S/c1-7(10)14-6-9(8(11)12-2)4-3-5-13-9/h3-4H,5-6H2,1-2H3. The first-order chi connectivity index (χ1) is 6.60. The van der Waals surface area contributed by atoms with Gasteiger partial charge in [-0.25, -0.2) is 4.79 Å². The van der Waals surface area contributed by atoms with E-state index in [9.17, 15) is 9.59 Å². The third-order valence-electron chi connectivity index (χ3n) is 1.84. The summed E-state index contributed by atoms with van der Waals surface area (Å²) >= 11 is 1.06. The summed E-state index contributed by atoms with van der Waals surface area (Å²) in [6.07, 6.45) is 3.40. The van der Waals surface area contributed by atoms with Crippen LogP contribution < -0.4 is 0 Å². The van der Waals surface area contributed by atoms with Gasteiger partial charge in [0, 0.05) is 12.7 Å². The predicted molar refractivity (Wildman–Crippen MR) is 53.0 cm³/mol. The van der Waals surface area contributed by atoms with Crippen LogP contribution in [0.5, 0.6) is 0 Å². The molecule has 0 aromatic carbocycles. The predicted octanol–water partition coefficient (Wildman–Crippen LogP) is 0.764. The Balaban J connectivity index is 2.67. The monoisotopic (exact) mass is 216 g/mol. The lowest BCUT2D eigenvalue weighted by atomic mass is 10.1. The second kappa shape index (κ2) is 4.61. The lowest BCUT2D eigenvalue weighted by Crippen LogP contribution is -2.41. The highest BCUT2D eigenvalue weighted by Crippen LogP contribution is 2.25. The number of thioether (sulfide) groups is 1. The van der Waals surface area contributed by atoms with Gasteiger partial charge in [0.2, 0.25) is 0 Å². The van der Waals surface area contributed by atoms with E-state index < -0.39 is 11.6 Å². The molecule has 4 nitrogen and oxygen atoms in total. The normalized spacial score (nSPS) is 25.0. The average molecular weight is 216 g/mol. The van der Waals surface area contributed by atoms with Crippen LogP contribution in [-0.2, 0) is 19.1 Å². The van der Waals surface area contributed by atoms with Crippen LogP contribution in [0.2, 0.25) is 0 Å². The van der Waals surface area contributed by atoms with E-state index >= 15 is 0 Å². The zero-order chi connectivity index (χ0) is 10.6. The van der Waals surface area contributed by atoms with Gasteiger partial charge in [-0.15, -0.1) is 0 Å². The number of hydrogen-bond donors (Lipinski definition) is 0. The molecule has 0 saturated carbocycles. The molecular weight excluding hydrogens is 204 g/mol. The fourth-order valence-electron chi connectivity index (χ4n) is 1.14. The van der Waals surface area contributed by atoms with Crippen LogP contribution >= 0.6 is 11.8 Å². The summed E-state index contributed by atoms with van der Waals surface area (Å²) in [5, 5.41) is -0.0443. The Morgan fingerprint density at radius 1 is 1.64 bits per heavy atom. The first kappa shape index (κ1) is 11.3. The van der Waals surface area contributed by atoms with Crippen molar-refractivity contribution in [3.63, 3.8) is 0 Å². The maximum atomic E-state index is 11.4. The Kier molecular flexibility index (Phi) is 3.71. The summed E-state index contributed by atoms with van der Waals surface area (Å²) in [5.74, 6) is -0.189. The van der Waals surface area contributed by atoms with Crippen molar-refractivity contribution in [1.82, 2.24) is 0 Å². The van der Waals surface area contributed by atoms with Crippen molar-refractivity contribution in [3.05, 3.63) is 12.2 Å². The van der Waals surface area contributed by atoms with E-state index in [1.807, 2.05) is 0 Å². The van der Waals surface area contributed by atoms with Crippen LogP contribution in [0.4, 0.5) is 0 Å². The molecule has 1 unspecified atom stereocenters. The van der Waals surface area contributed by atoms with Crippen LogP contribution in [0, 0.1) is 0 Å². The number of hydrogen-bond acceptors (Lipinski definition) is 5. The lowest BCUT2D eigenvalue weighted by molar-refractivity contribution is -0.157. The Hall–Kier alpha value is -0.810. The smallest absolute Gasteiger partial charge is 0.343 e. The minimum atomic E-state index is -1.06. The third-order valence-corrected chi connectivity index (χ3v) is 2.82. The topological polar surface area (TPSA) is 52.6 Å². The molecule has 5 heteroatoms. The van der Waals surface area contributed by atoms with Gasteiger partial charge >= 0.3 is 5.97 Å². The Morgan fingerprint density at radius 3 is 2.79 bits per heavy atom. The summed E-state index contributed by atoms with van der Waals surface area (Å²) in [6.45, 7) is 1.84. The maximum Gasteiger partial charge on any atom is 0.343 e. The van der Waals surface area contributed by atoms with E-state index in [1.165, 1.54) is 14.0 Å². The van der Waals surface area contributed by atoms with Gasteiger partial charge in [-0.2, -0.15) is 0 Å². The van der Waals surface area contributed by atoms with Crippen LogP contribution in [0.15, 0.2) is 12.2 Å². The number of carbonyl (C=O) groups is 2. The SMILES string of the molecule is COC(=O)C1(CSC(C)=O)C=CCO1. The fraction of sp³-hybridized carbons (Fsp3) is 0.556. The summed E-state index contributed by atoms with van der Waals surface area (Å²) in [4.78, 5) is 22.2. The quantitative estimate of drug-likeness (QED) is 0.515. The van der Waals surface area contributed by atoms with Crippen molar-refractivity contribution < 1.29 is 19.1 Å². The van der Waals surface area contributed by atoms with Gasteiger partial charge in [-0.05, 0) is 6.08 Å². The van der Waals surface area contributed by atoms with Crippen molar-refractivity contribution in [2.75, 3.05) is 19.5 Å². The summed E-state index contributed by atoms with van der Waals surface area (Å²) < 4.78 is 9.91. The lowest BCUT2D eigenvalue weighted by Gasteiger charge is -2.22. The van der Waals surface area contributed by atoms with E-state index in [0.717, 1.165) is 11.8 Å². The molecule has 1 heterocycles. The average Bonchev–Trinajstić information content (AvgIpc) is 2.63. The largest absolute Gasteiger partial charge is 0.467 e. The Bertz CT molecular complexity index is 274. The molecule has 0 saturated heterocycles. The molecule has 1 aliphatic heterocycles. The number of ether oxygens (including phenoxy) is 2. The second-order valence-corrected chi connectivity index (χ2v) is 4.03. The molecule has 0 radical (unpaired) electrons. The summed E-state index contributed by atoms with van der Waals surface area (Å²) in [7, 11) is 1.30. The number of methoxy groups -OCH3 is 1. The maximum absolute atomic E-state index is 11.4. The molecule has 0 aromatic rings. The van der Waals surface area contributed by atoms with Crippen LogP contribution in [0.1, 0.15) is 6.92 Å². The highest BCUT2D eigenvalue weighted by molar-refractivity contribution is 8.13. The number of carbonyl (C=O) groups excluding carboxylic acids is 2. The van der Waals surface area contributed by atoms with Crippen molar-refractivity contribution in [3.8, 4) is 0 Å². The molecule has 0 bridgehead atoms. The van der Waals surface area contributed by atoms with E-state index in [-0.39, 0.29) is 10.9 Å². The molecule has 78 valence electrons. The van der Waals surface area contributed by atoms with Gasteiger partial charge in [0.25, 0.3) is 0 Å². The first-order valence-corrected chi connectivity index (χ1v) is 5.13. The van der Waals surface area contributed by atoms with Gasteiger partial charge in [0.15, 0.2) is 10.7 Å². The zero-order valence-electron chi connectivity index (χ0n) is 8.11. The van der Waals surface area contributed by atoms with Gasteiger partial charge in [0.05, 0.1) is 13.7 Å².